The topological polar surface area (TPSA) is 52.7 Å². The molecule has 30 heavy (non-hydrogen) atoms. The summed E-state index contributed by atoms with van der Waals surface area (Å²) in [6.45, 7) is 5.88. The Kier molecular flexibility index (Phi) is 7.06. The predicted octanol–water partition coefficient (Wildman–Crippen LogP) is 3.43. The lowest BCUT2D eigenvalue weighted by Crippen LogP contribution is -2.46. The van der Waals surface area contributed by atoms with Crippen molar-refractivity contribution in [2.75, 3.05) is 19.6 Å². The van der Waals surface area contributed by atoms with Crippen molar-refractivity contribution in [3.8, 4) is 0 Å². The number of carbonyl (C=O) groups excluding carboxylic acids is 2. The molecule has 166 valence electrons. The van der Waals surface area contributed by atoms with E-state index in [4.69, 9.17) is 0 Å². The summed E-state index contributed by atoms with van der Waals surface area (Å²) in [5.74, 6) is 0.0748. The average molecular weight is 425 g/mol. The third-order valence-electron chi connectivity index (χ3n) is 5.69. The molecule has 0 radical (unpaired) electrons. The van der Waals surface area contributed by atoms with Crippen molar-refractivity contribution in [3.05, 3.63) is 35.4 Å². The fourth-order valence-electron chi connectivity index (χ4n) is 3.84. The molecule has 1 aromatic rings. The van der Waals surface area contributed by atoms with Crippen molar-refractivity contribution in [1.82, 2.24) is 15.1 Å². The molecule has 0 atom stereocenters. The largest absolute Gasteiger partial charge is 0.416 e. The van der Waals surface area contributed by atoms with Crippen LogP contribution in [0.15, 0.2) is 24.3 Å². The number of carbonyl (C=O) groups is 2. The van der Waals surface area contributed by atoms with Gasteiger partial charge in [-0.25, -0.2) is 0 Å². The molecule has 2 amide bonds. The summed E-state index contributed by atoms with van der Waals surface area (Å²) in [5.41, 5.74) is 0.0206. The number of alkyl halides is 3. The standard InChI is InChI=1S/C22H30F3N3O2/c1-15(2)26-21(30)17-9-11-27(12-10-17)14-20(29)28(19-7-8-19)13-16-3-5-18(6-4-16)22(23,24)25/h3-6,15,17,19H,7-14H2,1-2H3,(H,26,30). The molecule has 1 aliphatic carbocycles. The number of nitrogens with zero attached hydrogens (tertiary/aromatic N) is 2. The maximum Gasteiger partial charge on any atom is 0.416 e. The van der Waals surface area contributed by atoms with Crippen molar-refractivity contribution in [2.45, 2.75) is 64.3 Å². The molecule has 2 aliphatic rings. The molecule has 0 bridgehead atoms. The second-order valence-corrected chi connectivity index (χ2v) is 8.66. The maximum atomic E-state index is 12.9. The highest BCUT2D eigenvalue weighted by Crippen LogP contribution is 2.31. The zero-order chi connectivity index (χ0) is 21.9. The van der Waals surface area contributed by atoms with Crippen LogP contribution in [0.3, 0.4) is 0 Å². The lowest BCUT2D eigenvalue weighted by Gasteiger charge is -2.33. The number of hydrogen-bond acceptors (Lipinski definition) is 3. The van der Waals surface area contributed by atoms with E-state index in [0.717, 1.165) is 37.8 Å². The summed E-state index contributed by atoms with van der Waals surface area (Å²) in [6, 6.07) is 5.33. The number of benzene rings is 1. The van der Waals surface area contributed by atoms with Gasteiger partial charge in [0.25, 0.3) is 0 Å². The van der Waals surface area contributed by atoms with Crippen LogP contribution in [0.1, 0.15) is 50.7 Å². The number of amides is 2. The van der Waals surface area contributed by atoms with Crippen LogP contribution in [0.25, 0.3) is 0 Å². The molecule has 1 heterocycles. The van der Waals surface area contributed by atoms with Gasteiger partial charge in [0.2, 0.25) is 11.8 Å². The van der Waals surface area contributed by atoms with E-state index < -0.39 is 11.7 Å². The van der Waals surface area contributed by atoms with Crippen LogP contribution in [0.5, 0.6) is 0 Å². The van der Waals surface area contributed by atoms with Gasteiger partial charge < -0.3 is 10.2 Å². The molecule has 0 spiro atoms. The third kappa shape index (κ3) is 6.20. The van der Waals surface area contributed by atoms with Gasteiger partial charge in [0, 0.05) is 24.5 Å². The number of rotatable bonds is 7. The summed E-state index contributed by atoms with van der Waals surface area (Å²) >= 11 is 0. The minimum absolute atomic E-state index is 0.00230. The van der Waals surface area contributed by atoms with Crippen LogP contribution < -0.4 is 5.32 Å². The van der Waals surface area contributed by atoms with Crippen molar-refractivity contribution in [2.24, 2.45) is 5.92 Å². The zero-order valence-electron chi connectivity index (χ0n) is 17.5. The molecule has 8 heteroatoms. The van der Waals surface area contributed by atoms with Gasteiger partial charge in [-0.1, -0.05) is 12.1 Å². The first-order valence-electron chi connectivity index (χ1n) is 10.6. The fraction of sp³-hybridized carbons (Fsp3) is 0.636. The first kappa shape index (κ1) is 22.6. The van der Waals surface area contributed by atoms with Crippen LogP contribution in [0.4, 0.5) is 13.2 Å². The summed E-state index contributed by atoms with van der Waals surface area (Å²) in [4.78, 5) is 28.9. The van der Waals surface area contributed by atoms with E-state index in [9.17, 15) is 22.8 Å². The van der Waals surface area contributed by atoms with E-state index in [1.54, 1.807) is 4.90 Å². The molecule has 1 aliphatic heterocycles. The Balaban J connectivity index is 1.52. The second-order valence-electron chi connectivity index (χ2n) is 8.66. The van der Waals surface area contributed by atoms with Crippen molar-refractivity contribution < 1.29 is 22.8 Å². The molecule has 5 nitrogen and oxygen atoms in total. The normalized spacial score (nSPS) is 18.5. The molecule has 1 saturated heterocycles. The Labute approximate surface area is 175 Å². The van der Waals surface area contributed by atoms with Crippen LogP contribution >= 0.6 is 0 Å². The Morgan fingerprint density at radius 1 is 1.10 bits per heavy atom. The van der Waals surface area contributed by atoms with Gasteiger partial charge in [0.15, 0.2) is 0 Å². The number of halogens is 3. The SMILES string of the molecule is CC(C)NC(=O)C1CCN(CC(=O)N(Cc2ccc(C(F)(F)F)cc2)C2CC2)CC1. The Morgan fingerprint density at radius 2 is 1.70 bits per heavy atom. The monoisotopic (exact) mass is 425 g/mol. The van der Waals surface area contributed by atoms with Gasteiger partial charge in [-0.15, -0.1) is 0 Å². The Bertz CT molecular complexity index is 737. The molecule has 2 fully saturated rings. The van der Waals surface area contributed by atoms with Gasteiger partial charge in [-0.05, 0) is 70.3 Å². The van der Waals surface area contributed by atoms with Crippen molar-refractivity contribution >= 4 is 11.8 Å². The molecule has 0 unspecified atom stereocenters. The number of piperidine rings is 1. The van der Waals surface area contributed by atoms with Crippen LogP contribution in [0.2, 0.25) is 0 Å². The van der Waals surface area contributed by atoms with Gasteiger partial charge in [0.05, 0.1) is 12.1 Å². The molecule has 3 rings (SSSR count). The minimum Gasteiger partial charge on any atom is -0.354 e. The summed E-state index contributed by atoms with van der Waals surface area (Å²) in [7, 11) is 0. The van der Waals surface area contributed by atoms with E-state index in [1.807, 2.05) is 13.8 Å². The maximum absolute atomic E-state index is 12.9. The first-order valence-corrected chi connectivity index (χ1v) is 10.6. The predicted molar refractivity (Wildman–Crippen MR) is 107 cm³/mol. The summed E-state index contributed by atoms with van der Waals surface area (Å²) in [5, 5.41) is 2.95. The average Bonchev–Trinajstić information content (AvgIpc) is 3.50. The first-order chi connectivity index (χ1) is 14.1. The van der Waals surface area contributed by atoms with Crippen LogP contribution in [-0.4, -0.2) is 53.3 Å². The molecular formula is C22H30F3N3O2. The lowest BCUT2D eigenvalue weighted by atomic mass is 9.95. The van der Waals surface area contributed by atoms with Gasteiger partial charge in [-0.3, -0.25) is 14.5 Å². The quantitative estimate of drug-likeness (QED) is 0.728. The van der Waals surface area contributed by atoms with E-state index >= 15 is 0 Å². The fourth-order valence-corrected chi connectivity index (χ4v) is 3.84. The smallest absolute Gasteiger partial charge is 0.354 e. The zero-order valence-corrected chi connectivity index (χ0v) is 17.5. The Hall–Kier alpha value is -2.09. The second kappa shape index (κ2) is 9.37. The number of hydrogen-bond donors (Lipinski definition) is 1. The summed E-state index contributed by atoms with van der Waals surface area (Å²) in [6.07, 6.45) is -1.03. The van der Waals surface area contributed by atoms with E-state index in [2.05, 4.69) is 10.2 Å². The van der Waals surface area contributed by atoms with Gasteiger partial charge in [0.1, 0.15) is 0 Å². The van der Waals surface area contributed by atoms with Gasteiger partial charge in [-0.2, -0.15) is 13.2 Å². The number of nitrogens with one attached hydrogen (secondary N) is 1. The van der Waals surface area contributed by atoms with E-state index in [0.29, 0.717) is 25.2 Å². The molecule has 1 aromatic carbocycles. The van der Waals surface area contributed by atoms with Crippen molar-refractivity contribution in [3.63, 3.8) is 0 Å². The highest BCUT2D eigenvalue weighted by Gasteiger charge is 2.35. The highest BCUT2D eigenvalue weighted by atomic mass is 19.4. The molecular weight excluding hydrogens is 395 g/mol. The lowest BCUT2D eigenvalue weighted by molar-refractivity contribution is -0.138. The number of likely N-dealkylation sites (tertiary alicyclic amines) is 1. The minimum atomic E-state index is -4.36. The van der Waals surface area contributed by atoms with E-state index in [-0.39, 0.29) is 36.4 Å². The highest BCUT2D eigenvalue weighted by molar-refractivity contribution is 5.80. The van der Waals surface area contributed by atoms with E-state index in [1.165, 1.54) is 12.1 Å². The van der Waals surface area contributed by atoms with Crippen LogP contribution in [0, 0.1) is 5.92 Å². The van der Waals surface area contributed by atoms with Crippen molar-refractivity contribution in [1.29, 1.82) is 0 Å². The van der Waals surface area contributed by atoms with Crippen LogP contribution in [-0.2, 0) is 22.3 Å². The summed E-state index contributed by atoms with van der Waals surface area (Å²) < 4.78 is 38.3. The molecule has 1 N–H and O–H groups in total. The molecule has 0 aromatic heterocycles. The van der Waals surface area contributed by atoms with Gasteiger partial charge >= 0.3 is 6.18 Å². The third-order valence-corrected chi connectivity index (χ3v) is 5.69. The molecule has 1 saturated carbocycles. The Morgan fingerprint density at radius 3 is 2.20 bits per heavy atom.